The second-order valence-corrected chi connectivity index (χ2v) is 12.0. The number of hydrogen-bond acceptors (Lipinski definition) is 6. The van der Waals surface area contributed by atoms with Gasteiger partial charge in [-0.25, -0.2) is 13.2 Å². The Labute approximate surface area is 216 Å². The van der Waals surface area contributed by atoms with Gasteiger partial charge in [-0.05, 0) is 71.4 Å². The van der Waals surface area contributed by atoms with Crippen LogP contribution in [0.5, 0.6) is 0 Å². The lowest BCUT2D eigenvalue weighted by molar-refractivity contribution is 0.0469. The van der Waals surface area contributed by atoms with Crippen LogP contribution in [0.15, 0.2) is 47.5 Å². The topological polar surface area (TPSA) is 153 Å². The number of sulfonamides is 1. The van der Waals surface area contributed by atoms with Gasteiger partial charge in [-0.15, -0.1) is 0 Å². The van der Waals surface area contributed by atoms with E-state index in [9.17, 15) is 23.3 Å². The molecule has 2 amide bonds. The minimum absolute atomic E-state index is 0.0791. The number of hydrogen-bond donors (Lipinski definition) is 4. The van der Waals surface area contributed by atoms with Gasteiger partial charge in [-0.1, -0.05) is 12.1 Å². The number of nitriles is 1. The van der Waals surface area contributed by atoms with Gasteiger partial charge in [0, 0.05) is 23.7 Å². The number of benzene rings is 2. The highest BCUT2D eigenvalue weighted by Crippen LogP contribution is 2.30. The summed E-state index contributed by atoms with van der Waals surface area (Å²) in [5.41, 5.74) is 0.678. The summed E-state index contributed by atoms with van der Waals surface area (Å²) in [6.45, 7) is 10.6. The van der Waals surface area contributed by atoms with E-state index in [0.29, 0.717) is 16.5 Å². The summed E-state index contributed by atoms with van der Waals surface area (Å²) in [5, 5.41) is 15.4. The van der Waals surface area contributed by atoms with Gasteiger partial charge >= 0.3 is 6.09 Å². The highest BCUT2D eigenvalue weighted by Gasteiger charge is 2.26. The molecule has 37 heavy (non-hydrogen) atoms. The SMILES string of the molecule is Cc1ccc(NS(=O)(=O)c2cccc(C(=O)NCC(C)(C)NC(=O)OC(C)(C)C)c2)c2[nH]cc(C#N)c12. The average molecular weight is 526 g/mol. The normalized spacial score (nSPS) is 12.0. The number of anilines is 1. The van der Waals surface area contributed by atoms with Crippen molar-refractivity contribution in [1.82, 2.24) is 15.6 Å². The van der Waals surface area contributed by atoms with Gasteiger partial charge in [-0.3, -0.25) is 9.52 Å². The number of alkyl carbamates (subject to hydrolysis) is 1. The molecule has 0 radical (unpaired) electrons. The predicted molar refractivity (Wildman–Crippen MR) is 141 cm³/mol. The molecule has 0 unspecified atom stereocenters. The molecule has 1 heterocycles. The Morgan fingerprint density at radius 2 is 1.81 bits per heavy atom. The maximum atomic E-state index is 13.2. The van der Waals surface area contributed by atoms with Crippen LogP contribution in [-0.4, -0.2) is 43.1 Å². The molecule has 3 rings (SSSR count). The van der Waals surface area contributed by atoms with Gasteiger partial charge in [0.1, 0.15) is 11.7 Å². The molecule has 2 aromatic carbocycles. The minimum atomic E-state index is -4.05. The molecule has 0 aliphatic carbocycles. The molecule has 1 aromatic heterocycles. The van der Waals surface area contributed by atoms with Crippen molar-refractivity contribution in [3.05, 3.63) is 59.3 Å². The van der Waals surface area contributed by atoms with Gasteiger partial charge in [0.2, 0.25) is 0 Å². The number of nitrogens with zero attached hydrogens (tertiary/aromatic N) is 1. The zero-order valence-electron chi connectivity index (χ0n) is 21.6. The number of carbonyl (C=O) groups excluding carboxylic acids is 2. The summed E-state index contributed by atoms with van der Waals surface area (Å²) >= 11 is 0. The van der Waals surface area contributed by atoms with Crippen molar-refractivity contribution in [3.63, 3.8) is 0 Å². The summed E-state index contributed by atoms with van der Waals surface area (Å²) in [5.74, 6) is -0.503. The Balaban J connectivity index is 1.75. The molecule has 0 aliphatic heterocycles. The third-order valence-electron chi connectivity index (χ3n) is 5.35. The average Bonchev–Trinajstić information content (AvgIpc) is 3.23. The quantitative estimate of drug-likeness (QED) is 0.363. The number of fused-ring (bicyclic) bond motifs is 1. The Morgan fingerprint density at radius 1 is 1.11 bits per heavy atom. The molecule has 4 N–H and O–H groups in total. The van der Waals surface area contributed by atoms with Gasteiger partial charge < -0.3 is 20.4 Å². The maximum absolute atomic E-state index is 13.2. The van der Waals surface area contributed by atoms with Crippen molar-refractivity contribution in [2.45, 2.75) is 57.6 Å². The van der Waals surface area contributed by atoms with Crippen LogP contribution >= 0.6 is 0 Å². The van der Waals surface area contributed by atoms with E-state index in [2.05, 4.69) is 26.4 Å². The lowest BCUT2D eigenvalue weighted by Gasteiger charge is -2.28. The van der Waals surface area contributed by atoms with Crippen molar-refractivity contribution in [1.29, 1.82) is 5.26 Å². The fourth-order valence-electron chi connectivity index (χ4n) is 3.63. The van der Waals surface area contributed by atoms with Gasteiger partial charge in [0.25, 0.3) is 15.9 Å². The number of carbonyl (C=O) groups is 2. The van der Waals surface area contributed by atoms with Crippen molar-refractivity contribution in [2.24, 2.45) is 0 Å². The van der Waals surface area contributed by atoms with E-state index < -0.39 is 33.2 Å². The van der Waals surface area contributed by atoms with Crippen molar-refractivity contribution in [2.75, 3.05) is 11.3 Å². The fourth-order valence-corrected chi connectivity index (χ4v) is 4.75. The molecule has 3 aromatic rings. The standard InChI is InChI=1S/C26H31N5O5S/c1-16-10-11-20(22-21(16)18(13-27)14-28-22)31-37(34,35)19-9-7-8-17(12-19)23(32)29-15-26(5,6)30-24(33)36-25(2,3)4/h7-12,14,28,31H,15H2,1-6H3,(H,29,32)(H,30,33). The second kappa shape index (κ2) is 10.1. The Morgan fingerprint density at radius 3 is 2.46 bits per heavy atom. The number of ether oxygens (including phenoxy) is 1. The van der Waals surface area contributed by atoms with E-state index in [4.69, 9.17) is 4.74 Å². The first-order chi connectivity index (χ1) is 17.1. The number of aryl methyl sites for hydroxylation is 1. The molecule has 11 heteroatoms. The van der Waals surface area contributed by atoms with E-state index in [-0.39, 0.29) is 22.7 Å². The largest absolute Gasteiger partial charge is 0.444 e. The molecule has 0 saturated carbocycles. The molecule has 196 valence electrons. The van der Waals surface area contributed by atoms with Gasteiger partial charge in [-0.2, -0.15) is 5.26 Å². The molecule has 0 fully saturated rings. The number of aromatic nitrogens is 1. The van der Waals surface area contributed by atoms with Crippen LogP contribution in [0.1, 0.15) is 56.1 Å². The molecule has 0 spiro atoms. The summed E-state index contributed by atoms with van der Waals surface area (Å²) in [6, 6.07) is 11.1. The van der Waals surface area contributed by atoms with Crippen LogP contribution in [0.2, 0.25) is 0 Å². The summed E-state index contributed by atoms with van der Waals surface area (Å²) in [6.07, 6.45) is 0.916. The van der Waals surface area contributed by atoms with Crippen molar-refractivity contribution < 1.29 is 22.7 Å². The molecule has 0 aliphatic rings. The zero-order chi connectivity index (χ0) is 27.6. The zero-order valence-corrected chi connectivity index (χ0v) is 22.5. The molecule has 10 nitrogen and oxygen atoms in total. The van der Waals surface area contributed by atoms with Gasteiger partial charge in [0.05, 0.1) is 27.2 Å². The first-order valence-corrected chi connectivity index (χ1v) is 13.0. The first-order valence-electron chi connectivity index (χ1n) is 11.5. The van der Waals surface area contributed by atoms with Crippen LogP contribution in [0, 0.1) is 18.3 Å². The Hall–Kier alpha value is -4.04. The number of H-pyrrole nitrogens is 1. The van der Waals surface area contributed by atoms with E-state index in [0.717, 1.165) is 5.56 Å². The summed E-state index contributed by atoms with van der Waals surface area (Å²) in [7, 11) is -4.05. The number of aromatic amines is 1. The monoisotopic (exact) mass is 525 g/mol. The number of amides is 2. The number of nitrogens with one attached hydrogen (secondary N) is 4. The maximum Gasteiger partial charge on any atom is 0.408 e. The lowest BCUT2D eigenvalue weighted by atomic mass is 10.1. The smallest absolute Gasteiger partial charge is 0.408 e. The number of rotatable bonds is 7. The van der Waals surface area contributed by atoms with Crippen LogP contribution in [-0.2, 0) is 14.8 Å². The third-order valence-corrected chi connectivity index (χ3v) is 6.71. The second-order valence-electron chi connectivity index (χ2n) is 10.3. The molecule has 0 atom stereocenters. The fraction of sp³-hybridized carbons (Fsp3) is 0.346. The predicted octanol–water partition coefficient (Wildman–Crippen LogP) is 4.18. The minimum Gasteiger partial charge on any atom is -0.444 e. The van der Waals surface area contributed by atoms with E-state index >= 15 is 0 Å². The first kappa shape index (κ1) is 27.5. The van der Waals surface area contributed by atoms with Crippen LogP contribution in [0.3, 0.4) is 0 Å². The Kier molecular flexibility index (Phi) is 7.55. The van der Waals surface area contributed by atoms with Crippen LogP contribution in [0.25, 0.3) is 10.9 Å². The Bertz CT molecular complexity index is 1490. The van der Waals surface area contributed by atoms with E-state index in [1.54, 1.807) is 46.8 Å². The van der Waals surface area contributed by atoms with Crippen LogP contribution < -0.4 is 15.4 Å². The highest BCUT2D eigenvalue weighted by atomic mass is 32.2. The lowest BCUT2D eigenvalue weighted by Crippen LogP contribution is -2.52. The third kappa shape index (κ3) is 6.80. The highest BCUT2D eigenvalue weighted by molar-refractivity contribution is 7.92. The molecule has 0 saturated heterocycles. The van der Waals surface area contributed by atoms with Crippen LogP contribution in [0.4, 0.5) is 10.5 Å². The van der Waals surface area contributed by atoms with Crippen molar-refractivity contribution >= 4 is 38.6 Å². The molecular weight excluding hydrogens is 494 g/mol. The molecule has 0 bridgehead atoms. The molecular formula is C26H31N5O5S. The van der Waals surface area contributed by atoms with E-state index in [1.165, 1.54) is 30.5 Å². The van der Waals surface area contributed by atoms with E-state index in [1.807, 2.05) is 6.92 Å². The van der Waals surface area contributed by atoms with Crippen molar-refractivity contribution in [3.8, 4) is 6.07 Å². The summed E-state index contributed by atoms with van der Waals surface area (Å²) in [4.78, 5) is 27.7. The summed E-state index contributed by atoms with van der Waals surface area (Å²) < 4.78 is 34.1. The van der Waals surface area contributed by atoms with Gasteiger partial charge in [0.15, 0.2) is 0 Å².